The van der Waals surface area contributed by atoms with Gasteiger partial charge in [0, 0.05) is 6.54 Å². The molecule has 0 aromatic rings. The average Bonchev–Trinajstić information content (AvgIpc) is 2.16. The fraction of sp³-hybridized carbons (Fsp3) is 0.889. The number of rotatable bonds is 4. The molecule has 1 rings (SSSR count). The first kappa shape index (κ1) is 9.68. The summed E-state index contributed by atoms with van der Waals surface area (Å²) in [6.07, 6.45) is 5.96. The molecule has 3 nitrogen and oxygen atoms in total. The van der Waals surface area contributed by atoms with E-state index in [0.717, 1.165) is 6.54 Å². The molecule has 3 heteroatoms. The fourth-order valence-electron chi connectivity index (χ4n) is 1.73. The van der Waals surface area contributed by atoms with Crippen LogP contribution in [0.25, 0.3) is 0 Å². The third kappa shape index (κ3) is 3.32. The van der Waals surface area contributed by atoms with Crippen molar-refractivity contribution >= 4 is 6.29 Å². The third-order valence-electron chi connectivity index (χ3n) is 2.47. The lowest BCUT2D eigenvalue weighted by Gasteiger charge is -2.22. The predicted molar refractivity (Wildman–Crippen MR) is 46.6 cm³/mol. The highest BCUT2D eigenvalue weighted by molar-refractivity contribution is 5.54. The van der Waals surface area contributed by atoms with Crippen molar-refractivity contribution in [2.24, 2.45) is 5.92 Å². The molecule has 0 heterocycles. The monoisotopic (exact) mass is 171 g/mol. The van der Waals surface area contributed by atoms with Gasteiger partial charge in [-0.15, -0.1) is 0 Å². The topological polar surface area (TPSA) is 49.3 Å². The molecular weight excluding hydrogens is 154 g/mol. The Morgan fingerprint density at radius 2 is 2.08 bits per heavy atom. The summed E-state index contributed by atoms with van der Waals surface area (Å²) in [5, 5.41) is 11.7. The summed E-state index contributed by atoms with van der Waals surface area (Å²) in [7, 11) is 0. The van der Waals surface area contributed by atoms with Crippen molar-refractivity contribution in [3.63, 3.8) is 0 Å². The van der Waals surface area contributed by atoms with E-state index in [9.17, 15) is 4.79 Å². The minimum Gasteiger partial charge on any atom is -0.372 e. The molecule has 0 radical (unpaired) electrons. The van der Waals surface area contributed by atoms with Gasteiger partial charge in [-0.3, -0.25) is 10.1 Å². The van der Waals surface area contributed by atoms with Gasteiger partial charge in [0.05, 0.1) is 0 Å². The lowest BCUT2D eigenvalue weighted by Crippen LogP contribution is -2.34. The van der Waals surface area contributed by atoms with Crippen molar-refractivity contribution in [1.29, 1.82) is 0 Å². The quantitative estimate of drug-likeness (QED) is 0.483. The first-order valence-corrected chi connectivity index (χ1v) is 4.69. The van der Waals surface area contributed by atoms with Crippen LogP contribution in [0.1, 0.15) is 32.1 Å². The molecule has 1 aliphatic carbocycles. The van der Waals surface area contributed by atoms with Crippen LogP contribution in [-0.4, -0.2) is 24.2 Å². The molecule has 1 aliphatic rings. The Bertz CT molecular complexity index is 132. The van der Waals surface area contributed by atoms with Gasteiger partial charge in [-0.1, -0.05) is 19.3 Å². The van der Waals surface area contributed by atoms with Crippen LogP contribution in [0, 0.1) is 5.92 Å². The number of hydrogen-bond donors (Lipinski definition) is 2. The summed E-state index contributed by atoms with van der Waals surface area (Å²) < 4.78 is 0. The standard InChI is InChI=1S/C9H17NO2/c11-7-9(12)10-6-8-4-2-1-3-5-8/h7-10,12H,1-6H2. The first-order valence-electron chi connectivity index (χ1n) is 4.69. The lowest BCUT2D eigenvalue weighted by atomic mass is 9.89. The van der Waals surface area contributed by atoms with E-state index < -0.39 is 6.23 Å². The van der Waals surface area contributed by atoms with Crippen LogP contribution in [-0.2, 0) is 4.79 Å². The van der Waals surface area contributed by atoms with Crippen molar-refractivity contribution < 1.29 is 9.90 Å². The zero-order valence-corrected chi connectivity index (χ0v) is 7.33. The van der Waals surface area contributed by atoms with Crippen LogP contribution < -0.4 is 5.32 Å². The molecule has 0 bridgehead atoms. The Hall–Kier alpha value is -0.410. The number of aldehydes is 1. The van der Waals surface area contributed by atoms with Gasteiger partial charge in [0.1, 0.15) is 0 Å². The molecule has 1 saturated carbocycles. The summed E-state index contributed by atoms with van der Waals surface area (Å²) in [5.74, 6) is 0.661. The zero-order valence-electron chi connectivity index (χ0n) is 7.33. The van der Waals surface area contributed by atoms with E-state index in [1.54, 1.807) is 0 Å². The van der Waals surface area contributed by atoms with Crippen molar-refractivity contribution in [2.75, 3.05) is 6.54 Å². The third-order valence-corrected chi connectivity index (χ3v) is 2.47. The summed E-state index contributed by atoms with van der Waals surface area (Å²) in [5.41, 5.74) is 0. The zero-order chi connectivity index (χ0) is 8.81. The maximum Gasteiger partial charge on any atom is 0.163 e. The lowest BCUT2D eigenvalue weighted by molar-refractivity contribution is -0.116. The number of nitrogens with one attached hydrogen (secondary N) is 1. The van der Waals surface area contributed by atoms with E-state index in [1.165, 1.54) is 32.1 Å². The molecule has 12 heavy (non-hydrogen) atoms. The first-order chi connectivity index (χ1) is 5.83. The Balaban J connectivity index is 2.08. The van der Waals surface area contributed by atoms with Crippen molar-refractivity contribution in [2.45, 2.75) is 38.3 Å². The van der Waals surface area contributed by atoms with Gasteiger partial charge in [-0.05, 0) is 18.8 Å². The Labute approximate surface area is 73.2 Å². The normalized spacial score (nSPS) is 22.1. The molecule has 0 spiro atoms. The highest BCUT2D eigenvalue weighted by Crippen LogP contribution is 2.22. The molecule has 0 aliphatic heterocycles. The SMILES string of the molecule is O=CC(O)NCC1CCCCC1. The maximum absolute atomic E-state index is 10.1. The van der Waals surface area contributed by atoms with Crippen LogP contribution in [0.2, 0.25) is 0 Å². The van der Waals surface area contributed by atoms with Crippen molar-refractivity contribution in [3.05, 3.63) is 0 Å². The Kier molecular flexibility index (Phi) is 4.25. The van der Waals surface area contributed by atoms with Gasteiger partial charge in [-0.2, -0.15) is 0 Å². The minimum absolute atomic E-state index is 0.531. The van der Waals surface area contributed by atoms with Crippen LogP contribution in [0.3, 0.4) is 0 Å². The molecular formula is C9H17NO2. The molecule has 2 N–H and O–H groups in total. The van der Waals surface area contributed by atoms with E-state index in [-0.39, 0.29) is 0 Å². The molecule has 0 amide bonds. The summed E-state index contributed by atoms with van der Waals surface area (Å²) in [6, 6.07) is 0. The molecule has 70 valence electrons. The summed E-state index contributed by atoms with van der Waals surface area (Å²) in [6.45, 7) is 0.778. The summed E-state index contributed by atoms with van der Waals surface area (Å²) in [4.78, 5) is 10.1. The van der Waals surface area contributed by atoms with Gasteiger partial charge in [0.15, 0.2) is 12.5 Å². The second-order valence-corrected chi connectivity index (χ2v) is 3.49. The van der Waals surface area contributed by atoms with E-state index in [2.05, 4.69) is 5.32 Å². The number of aliphatic hydroxyl groups excluding tert-OH is 1. The Morgan fingerprint density at radius 3 is 2.67 bits per heavy atom. The molecule has 1 unspecified atom stereocenters. The fourth-order valence-corrected chi connectivity index (χ4v) is 1.73. The predicted octanol–water partition coefficient (Wildman–Crippen LogP) is 0.674. The van der Waals surface area contributed by atoms with Gasteiger partial charge >= 0.3 is 0 Å². The molecule has 1 fully saturated rings. The van der Waals surface area contributed by atoms with Crippen molar-refractivity contribution in [3.8, 4) is 0 Å². The molecule has 0 aromatic heterocycles. The van der Waals surface area contributed by atoms with Crippen molar-refractivity contribution in [1.82, 2.24) is 5.32 Å². The van der Waals surface area contributed by atoms with E-state index in [1.807, 2.05) is 0 Å². The highest BCUT2D eigenvalue weighted by Gasteiger charge is 2.13. The number of aliphatic hydroxyl groups is 1. The van der Waals surface area contributed by atoms with Crippen LogP contribution in [0.4, 0.5) is 0 Å². The largest absolute Gasteiger partial charge is 0.372 e. The average molecular weight is 171 g/mol. The van der Waals surface area contributed by atoms with Crippen LogP contribution in [0.15, 0.2) is 0 Å². The van der Waals surface area contributed by atoms with E-state index >= 15 is 0 Å². The number of carbonyl (C=O) groups is 1. The van der Waals surface area contributed by atoms with Crippen LogP contribution >= 0.6 is 0 Å². The minimum atomic E-state index is -0.966. The molecule has 0 aromatic carbocycles. The second-order valence-electron chi connectivity index (χ2n) is 3.49. The highest BCUT2D eigenvalue weighted by atomic mass is 16.3. The molecule has 0 saturated heterocycles. The maximum atomic E-state index is 10.1. The van der Waals surface area contributed by atoms with E-state index in [4.69, 9.17) is 5.11 Å². The molecule has 1 atom stereocenters. The van der Waals surface area contributed by atoms with Gasteiger partial charge < -0.3 is 5.11 Å². The van der Waals surface area contributed by atoms with Gasteiger partial charge in [-0.25, -0.2) is 0 Å². The smallest absolute Gasteiger partial charge is 0.163 e. The van der Waals surface area contributed by atoms with E-state index in [0.29, 0.717) is 12.2 Å². The van der Waals surface area contributed by atoms with Gasteiger partial charge in [0.25, 0.3) is 0 Å². The Morgan fingerprint density at radius 1 is 1.42 bits per heavy atom. The number of carbonyl (C=O) groups excluding carboxylic acids is 1. The second kappa shape index (κ2) is 5.27. The van der Waals surface area contributed by atoms with Crippen LogP contribution in [0.5, 0.6) is 0 Å². The summed E-state index contributed by atoms with van der Waals surface area (Å²) >= 11 is 0. The van der Waals surface area contributed by atoms with Gasteiger partial charge in [0.2, 0.25) is 0 Å². The number of hydrogen-bond acceptors (Lipinski definition) is 3.